The molecule has 0 bridgehead atoms. The summed E-state index contributed by atoms with van der Waals surface area (Å²) >= 11 is 11.6. The molecule has 8 heteroatoms. The van der Waals surface area contributed by atoms with Gasteiger partial charge in [0.25, 0.3) is 0 Å². The number of rotatable bonds is 8. The number of carbonyl (C=O) groups is 2. The molecule has 110 valence electrons. The number of hydrogen-bond donors (Lipinski definition) is 2. The van der Waals surface area contributed by atoms with E-state index in [0.717, 1.165) is 0 Å². The minimum Gasteiger partial charge on any atom is -0.491 e. The SMILES string of the molecule is O=C(O)CN(CCOc1ccc(Cl)cc1Cl)CC(=O)O. The largest absolute Gasteiger partial charge is 0.491 e. The maximum Gasteiger partial charge on any atom is 0.317 e. The zero-order valence-electron chi connectivity index (χ0n) is 10.4. The van der Waals surface area contributed by atoms with Crippen LogP contribution in [0.5, 0.6) is 5.75 Å². The first-order valence-electron chi connectivity index (χ1n) is 5.62. The molecule has 1 aromatic carbocycles. The van der Waals surface area contributed by atoms with Crippen molar-refractivity contribution in [3.63, 3.8) is 0 Å². The predicted molar refractivity (Wildman–Crippen MR) is 73.7 cm³/mol. The van der Waals surface area contributed by atoms with Gasteiger partial charge < -0.3 is 14.9 Å². The minimum atomic E-state index is -1.10. The van der Waals surface area contributed by atoms with Crippen molar-refractivity contribution in [1.29, 1.82) is 0 Å². The molecular formula is C12H13Cl2NO5. The summed E-state index contributed by atoms with van der Waals surface area (Å²) in [5.41, 5.74) is 0. The molecule has 0 unspecified atom stereocenters. The molecule has 6 nitrogen and oxygen atoms in total. The van der Waals surface area contributed by atoms with Crippen molar-refractivity contribution in [2.75, 3.05) is 26.2 Å². The highest BCUT2D eigenvalue weighted by Crippen LogP contribution is 2.27. The Morgan fingerprint density at radius 2 is 1.75 bits per heavy atom. The lowest BCUT2D eigenvalue weighted by molar-refractivity contribution is -0.141. The minimum absolute atomic E-state index is 0.113. The molecule has 0 saturated heterocycles. The number of nitrogens with zero attached hydrogens (tertiary/aromatic N) is 1. The van der Waals surface area contributed by atoms with E-state index in [2.05, 4.69) is 0 Å². The highest BCUT2D eigenvalue weighted by molar-refractivity contribution is 6.35. The molecule has 0 radical (unpaired) electrons. The number of carboxylic acid groups (broad SMARTS) is 2. The van der Waals surface area contributed by atoms with Crippen LogP contribution in [0.2, 0.25) is 10.0 Å². The van der Waals surface area contributed by atoms with Crippen LogP contribution < -0.4 is 4.74 Å². The fraction of sp³-hybridized carbons (Fsp3) is 0.333. The number of ether oxygens (including phenoxy) is 1. The van der Waals surface area contributed by atoms with Gasteiger partial charge in [0.1, 0.15) is 12.4 Å². The summed E-state index contributed by atoms with van der Waals surface area (Å²) in [6.45, 7) is -0.479. The predicted octanol–water partition coefficient (Wildman–Crippen LogP) is 1.84. The number of hydrogen-bond acceptors (Lipinski definition) is 4. The number of halogens is 2. The summed E-state index contributed by atoms with van der Waals surface area (Å²) in [5.74, 6) is -1.80. The van der Waals surface area contributed by atoms with Crippen LogP contribution in [-0.4, -0.2) is 53.3 Å². The Morgan fingerprint density at radius 1 is 1.15 bits per heavy atom. The van der Waals surface area contributed by atoms with Crippen molar-refractivity contribution in [2.24, 2.45) is 0 Å². The molecule has 0 saturated carbocycles. The number of benzene rings is 1. The first-order chi connectivity index (χ1) is 9.38. The molecule has 1 rings (SSSR count). The Morgan fingerprint density at radius 3 is 2.25 bits per heavy atom. The van der Waals surface area contributed by atoms with Crippen LogP contribution in [0.25, 0.3) is 0 Å². The smallest absolute Gasteiger partial charge is 0.317 e. The second-order valence-electron chi connectivity index (χ2n) is 3.92. The molecule has 0 aromatic heterocycles. The summed E-state index contributed by atoms with van der Waals surface area (Å²) in [7, 11) is 0. The van der Waals surface area contributed by atoms with Crippen LogP contribution in [0.1, 0.15) is 0 Å². The normalized spacial score (nSPS) is 10.6. The zero-order chi connectivity index (χ0) is 15.1. The highest BCUT2D eigenvalue weighted by atomic mass is 35.5. The first kappa shape index (κ1) is 16.6. The van der Waals surface area contributed by atoms with Crippen molar-refractivity contribution in [3.8, 4) is 5.75 Å². The Hall–Kier alpha value is -1.50. The quantitative estimate of drug-likeness (QED) is 0.759. The van der Waals surface area contributed by atoms with E-state index in [1.807, 2.05) is 0 Å². The molecular weight excluding hydrogens is 309 g/mol. The van der Waals surface area contributed by atoms with E-state index in [0.29, 0.717) is 15.8 Å². The second kappa shape index (κ2) is 7.94. The first-order valence-corrected chi connectivity index (χ1v) is 6.38. The van der Waals surface area contributed by atoms with Gasteiger partial charge >= 0.3 is 11.9 Å². The Bertz CT molecular complexity index is 479. The van der Waals surface area contributed by atoms with E-state index >= 15 is 0 Å². The molecule has 20 heavy (non-hydrogen) atoms. The topological polar surface area (TPSA) is 87.1 Å². The zero-order valence-corrected chi connectivity index (χ0v) is 11.9. The molecule has 0 amide bonds. The van der Waals surface area contributed by atoms with Crippen molar-refractivity contribution < 1.29 is 24.5 Å². The van der Waals surface area contributed by atoms with Gasteiger partial charge in [-0.2, -0.15) is 0 Å². The molecule has 0 spiro atoms. The summed E-state index contributed by atoms with van der Waals surface area (Å²) in [5, 5.41) is 18.2. The molecule has 0 heterocycles. The standard InChI is InChI=1S/C12H13Cl2NO5/c13-8-1-2-10(9(14)5-8)20-4-3-15(6-11(16)17)7-12(18)19/h1-2,5H,3-4,6-7H2,(H,16,17)(H,18,19). The van der Waals surface area contributed by atoms with Crippen molar-refractivity contribution in [1.82, 2.24) is 4.90 Å². The van der Waals surface area contributed by atoms with Crippen LogP contribution in [0.4, 0.5) is 0 Å². The van der Waals surface area contributed by atoms with Crippen LogP contribution in [-0.2, 0) is 9.59 Å². The Labute approximate surface area is 125 Å². The number of aliphatic carboxylic acids is 2. The van der Waals surface area contributed by atoms with E-state index in [9.17, 15) is 9.59 Å². The van der Waals surface area contributed by atoms with Crippen molar-refractivity contribution in [3.05, 3.63) is 28.2 Å². The third-order valence-corrected chi connectivity index (χ3v) is 2.81. The lowest BCUT2D eigenvalue weighted by Crippen LogP contribution is -2.37. The average molecular weight is 322 g/mol. The van der Waals surface area contributed by atoms with Gasteiger partial charge in [-0.15, -0.1) is 0 Å². The third kappa shape index (κ3) is 6.10. The summed E-state index contributed by atoms with van der Waals surface area (Å²) < 4.78 is 5.37. The summed E-state index contributed by atoms with van der Waals surface area (Å²) in [4.78, 5) is 22.5. The van der Waals surface area contributed by atoms with Crippen LogP contribution in [0.3, 0.4) is 0 Å². The molecule has 0 aliphatic rings. The van der Waals surface area contributed by atoms with Gasteiger partial charge in [0.15, 0.2) is 0 Å². The second-order valence-corrected chi connectivity index (χ2v) is 4.76. The monoisotopic (exact) mass is 321 g/mol. The van der Waals surface area contributed by atoms with Crippen molar-refractivity contribution >= 4 is 35.1 Å². The fourth-order valence-electron chi connectivity index (χ4n) is 1.47. The summed E-state index contributed by atoms with van der Waals surface area (Å²) in [6.07, 6.45) is 0. The molecule has 0 aliphatic carbocycles. The van der Waals surface area contributed by atoms with Crippen LogP contribution >= 0.6 is 23.2 Å². The molecule has 0 fully saturated rings. The van der Waals surface area contributed by atoms with Gasteiger partial charge in [-0.25, -0.2) is 0 Å². The van der Waals surface area contributed by atoms with Gasteiger partial charge in [-0.3, -0.25) is 14.5 Å². The van der Waals surface area contributed by atoms with Gasteiger partial charge in [-0.05, 0) is 18.2 Å². The third-order valence-electron chi connectivity index (χ3n) is 2.28. The van der Waals surface area contributed by atoms with Gasteiger partial charge in [-0.1, -0.05) is 23.2 Å². The lowest BCUT2D eigenvalue weighted by atomic mass is 10.3. The van der Waals surface area contributed by atoms with E-state index < -0.39 is 11.9 Å². The van der Waals surface area contributed by atoms with Gasteiger partial charge in [0.05, 0.1) is 18.1 Å². The molecule has 0 atom stereocenters. The Kier molecular flexibility index (Phi) is 6.57. The van der Waals surface area contributed by atoms with E-state index in [1.54, 1.807) is 12.1 Å². The lowest BCUT2D eigenvalue weighted by Gasteiger charge is -2.18. The van der Waals surface area contributed by atoms with Crippen molar-refractivity contribution in [2.45, 2.75) is 0 Å². The molecule has 1 aromatic rings. The molecule has 0 aliphatic heterocycles. The van der Waals surface area contributed by atoms with E-state index in [-0.39, 0.29) is 26.2 Å². The highest BCUT2D eigenvalue weighted by Gasteiger charge is 2.13. The van der Waals surface area contributed by atoms with Gasteiger partial charge in [0, 0.05) is 11.6 Å². The average Bonchev–Trinajstić information content (AvgIpc) is 2.30. The maximum atomic E-state index is 10.6. The maximum absolute atomic E-state index is 10.6. The van der Waals surface area contributed by atoms with Crippen LogP contribution in [0.15, 0.2) is 18.2 Å². The summed E-state index contributed by atoms with van der Waals surface area (Å²) in [6, 6.07) is 4.71. The van der Waals surface area contributed by atoms with Gasteiger partial charge in [0.2, 0.25) is 0 Å². The van der Waals surface area contributed by atoms with E-state index in [4.69, 9.17) is 38.2 Å². The molecule has 2 N–H and O–H groups in total. The fourth-order valence-corrected chi connectivity index (χ4v) is 1.94. The Balaban J connectivity index is 2.50. The number of carboxylic acids is 2. The van der Waals surface area contributed by atoms with Crippen LogP contribution in [0, 0.1) is 0 Å². The van der Waals surface area contributed by atoms with E-state index in [1.165, 1.54) is 11.0 Å².